The number of rotatable bonds is 5. The van der Waals surface area contributed by atoms with Crippen LogP contribution in [-0.4, -0.2) is 22.3 Å². The Bertz CT molecular complexity index is 1130. The molecule has 0 fully saturated rings. The minimum Gasteiger partial charge on any atom is -0.494 e. The van der Waals surface area contributed by atoms with Gasteiger partial charge in [0, 0.05) is 18.0 Å². The van der Waals surface area contributed by atoms with Gasteiger partial charge in [0.2, 0.25) is 5.43 Å². The second-order valence-corrected chi connectivity index (χ2v) is 6.45. The van der Waals surface area contributed by atoms with E-state index in [9.17, 15) is 22.8 Å². The van der Waals surface area contributed by atoms with Crippen LogP contribution in [0.15, 0.2) is 59.5 Å². The molecule has 30 heavy (non-hydrogen) atoms. The number of nitrogens with zero attached hydrogens (tertiary/aromatic N) is 2. The predicted octanol–water partition coefficient (Wildman–Crippen LogP) is 4.56. The van der Waals surface area contributed by atoms with Crippen molar-refractivity contribution in [2.24, 2.45) is 0 Å². The highest BCUT2D eigenvalue weighted by Crippen LogP contribution is 2.36. The molecule has 1 heterocycles. The van der Waals surface area contributed by atoms with Crippen molar-refractivity contribution >= 4 is 23.2 Å². The third-order valence-electron chi connectivity index (χ3n) is 3.97. The van der Waals surface area contributed by atoms with Gasteiger partial charge in [0.25, 0.3) is 5.91 Å². The Balaban J connectivity index is 1.88. The molecule has 0 saturated heterocycles. The van der Waals surface area contributed by atoms with Crippen LogP contribution in [0.5, 0.6) is 5.75 Å². The smallest absolute Gasteiger partial charge is 0.417 e. The largest absolute Gasteiger partial charge is 0.494 e. The zero-order valence-electron chi connectivity index (χ0n) is 15.5. The molecular formula is C20H15ClF3N3O3. The molecule has 0 saturated carbocycles. The Morgan fingerprint density at radius 2 is 1.87 bits per heavy atom. The molecule has 156 valence electrons. The van der Waals surface area contributed by atoms with E-state index >= 15 is 0 Å². The molecular weight excluding hydrogens is 423 g/mol. The maximum absolute atomic E-state index is 13.0. The number of halogens is 4. The van der Waals surface area contributed by atoms with Gasteiger partial charge in [0.15, 0.2) is 5.69 Å². The van der Waals surface area contributed by atoms with Gasteiger partial charge in [-0.05, 0) is 49.4 Å². The van der Waals surface area contributed by atoms with Gasteiger partial charge in [-0.15, -0.1) is 0 Å². The summed E-state index contributed by atoms with van der Waals surface area (Å²) in [5, 5.41) is 5.75. The van der Waals surface area contributed by atoms with Crippen LogP contribution in [0.2, 0.25) is 5.02 Å². The third-order valence-corrected chi connectivity index (χ3v) is 4.29. The summed E-state index contributed by atoms with van der Waals surface area (Å²) >= 11 is 5.57. The lowest BCUT2D eigenvalue weighted by atomic mass is 10.2. The van der Waals surface area contributed by atoms with E-state index in [1.807, 2.05) is 6.92 Å². The van der Waals surface area contributed by atoms with Gasteiger partial charge in [-0.2, -0.15) is 18.3 Å². The number of hydrogen-bond acceptors (Lipinski definition) is 4. The minimum absolute atomic E-state index is 0.172. The zero-order chi connectivity index (χ0) is 21.9. The molecule has 3 aromatic rings. The number of anilines is 1. The van der Waals surface area contributed by atoms with Crippen molar-refractivity contribution in [2.75, 3.05) is 11.9 Å². The molecule has 0 aliphatic carbocycles. The summed E-state index contributed by atoms with van der Waals surface area (Å²) in [6, 6.07) is 10.8. The van der Waals surface area contributed by atoms with E-state index in [1.54, 1.807) is 24.3 Å². The van der Waals surface area contributed by atoms with Gasteiger partial charge in [0.1, 0.15) is 5.75 Å². The molecule has 0 bridgehead atoms. The highest BCUT2D eigenvalue weighted by atomic mass is 35.5. The lowest BCUT2D eigenvalue weighted by molar-refractivity contribution is -0.137. The fraction of sp³-hybridized carbons (Fsp3) is 0.150. The standard InChI is InChI=1S/C20H15ClF3N3O3/c1-2-30-14-6-4-13(5-7-14)27-10-9-17(28)18(26-27)19(29)25-12-3-8-16(21)15(11-12)20(22,23)24/h3-11H,2H2,1H3,(H,25,29). The van der Waals surface area contributed by atoms with Gasteiger partial charge in [0.05, 0.1) is 22.9 Å². The van der Waals surface area contributed by atoms with Crippen molar-refractivity contribution in [3.63, 3.8) is 0 Å². The Morgan fingerprint density at radius 1 is 1.17 bits per heavy atom. The quantitative estimate of drug-likeness (QED) is 0.635. The lowest BCUT2D eigenvalue weighted by Crippen LogP contribution is -2.25. The number of hydrogen-bond donors (Lipinski definition) is 1. The fourth-order valence-corrected chi connectivity index (χ4v) is 2.81. The average molecular weight is 438 g/mol. The van der Waals surface area contributed by atoms with E-state index in [0.717, 1.165) is 12.1 Å². The molecule has 3 rings (SSSR count). The van der Waals surface area contributed by atoms with Crippen LogP contribution in [0.1, 0.15) is 23.0 Å². The lowest BCUT2D eigenvalue weighted by Gasteiger charge is -2.12. The van der Waals surface area contributed by atoms with Crippen LogP contribution in [0, 0.1) is 0 Å². The average Bonchev–Trinajstić information content (AvgIpc) is 2.70. The first-order valence-electron chi connectivity index (χ1n) is 8.70. The molecule has 1 N–H and O–H groups in total. The van der Waals surface area contributed by atoms with E-state index in [0.29, 0.717) is 24.1 Å². The first kappa shape index (κ1) is 21.4. The topological polar surface area (TPSA) is 73.2 Å². The van der Waals surface area contributed by atoms with E-state index in [-0.39, 0.29) is 5.69 Å². The van der Waals surface area contributed by atoms with Crippen LogP contribution in [0.3, 0.4) is 0 Å². The van der Waals surface area contributed by atoms with Crippen LogP contribution in [0.4, 0.5) is 18.9 Å². The summed E-state index contributed by atoms with van der Waals surface area (Å²) in [4.78, 5) is 24.6. The molecule has 0 unspecified atom stereocenters. The van der Waals surface area contributed by atoms with Gasteiger partial charge in [-0.1, -0.05) is 11.6 Å². The van der Waals surface area contributed by atoms with Crippen LogP contribution in [-0.2, 0) is 6.18 Å². The minimum atomic E-state index is -4.69. The highest BCUT2D eigenvalue weighted by molar-refractivity contribution is 6.31. The van der Waals surface area contributed by atoms with Crippen LogP contribution < -0.4 is 15.5 Å². The Labute approximate surface area is 173 Å². The fourth-order valence-electron chi connectivity index (χ4n) is 2.58. The number of benzene rings is 2. The maximum atomic E-state index is 13.0. The Hall–Kier alpha value is -3.33. The molecule has 6 nitrogen and oxygen atoms in total. The van der Waals surface area contributed by atoms with Crippen molar-refractivity contribution in [2.45, 2.75) is 13.1 Å². The monoisotopic (exact) mass is 437 g/mol. The number of nitrogens with one attached hydrogen (secondary N) is 1. The molecule has 0 aliphatic heterocycles. The Morgan fingerprint density at radius 3 is 2.50 bits per heavy atom. The summed E-state index contributed by atoms with van der Waals surface area (Å²) in [5.74, 6) is -0.306. The molecule has 0 atom stereocenters. The molecule has 1 aromatic heterocycles. The summed E-state index contributed by atoms with van der Waals surface area (Å²) in [7, 11) is 0. The summed E-state index contributed by atoms with van der Waals surface area (Å²) in [6.07, 6.45) is -3.32. The van der Waals surface area contributed by atoms with E-state index < -0.39 is 33.8 Å². The van der Waals surface area contributed by atoms with Crippen molar-refractivity contribution in [1.29, 1.82) is 0 Å². The third kappa shape index (κ3) is 4.80. The molecule has 0 aliphatic rings. The number of carbonyl (C=O) groups excluding carboxylic acids is 1. The van der Waals surface area contributed by atoms with Crippen molar-refractivity contribution < 1.29 is 22.7 Å². The molecule has 2 aromatic carbocycles. The maximum Gasteiger partial charge on any atom is 0.417 e. The van der Waals surface area contributed by atoms with Crippen molar-refractivity contribution in [3.05, 3.63) is 81.2 Å². The summed E-state index contributed by atoms with van der Waals surface area (Å²) in [6.45, 7) is 2.35. The molecule has 0 radical (unpaired) electrons. The second-order valence-electron chi connectivity index (χ2n) is 6.05. The SMILES string of the molecule is CCOc1ccc(-n2ccc(=O)c(C(=O)Nc3ccc(Cl)c(C(F)(F)F)c3)n2)cc1. The number of amides is 1. The van der Waals surface area contributed by atoms with Crippen LogP contribution >= 0.6 is 11.6 Å². The first-order chi connectivity index (χ1) is 14.2. The zero-order valence-corrected chi connectivity index (χ0v) is 16.3. The van der Waals surface area contributed by atoms with Crippen molar-refractivity contribution in [1.82, 2.24) is 9.78 Å². The number of alkyl halides is 3. The van der Waals surface area contributed by atoms with E-state index in [4.69, 9.17) is 16.3 Å². The van der Waals surface area contributed by atoms with Gasteiger partial charge in [-0.3, -0.25) is 9.59 Å². The number of carbonyl (C=O) groups is 1. The first-order valence-corrected chi connectivity index (χ1v) is 9.08. The van der Waals surface area contributed by atoms with Gasteiger partial charge < -0.3 is 10.1 Å². The summed E-state index contributed by atoms with van der Waals surface area (Å²) in [5.41, 5.74) is -1.88. The number of ether oxygens (including phenoxy) is 1. The Kier molecular flexibility index (Phi) is 6.12. The van der Waals surface area contributed by atoms with Gasteiger partial charge in [-0.25, -0.2) is 4.68 Å². The highest BCUT2D eigenvalue weighted by Gasteiger charge is 2.33. The molecule has 10 heteroatoms. The second kappa shape index (κ2) is 8.58. The van der Waals surface area contributed by atoms with Crippen LogP contribution in [0.25, 0.3) is 5.69 Å². The van der Waals surface area contributed by atoms with E-state index in [2.05, 4.69) is 10.4 Å². The summed E-state index contributed by atoms with van der Waals surface area (Å²) < 4.78 is 45.7. The number of aromatic nitrogens is 2. The van der Waals surface area contributed by atoms with Gasteiger partial charge >= 0.3 is 6.18 Å². The normalized spacial score (nSPS) is 11.2. The van der Waals surface area contributed by atoms with E-state index in [1.165, 1.54) is 16.9 Å². The molecule has 1 amide bonds. The molecule has 0 spiro atoms. The predicted molar refractivity (Wildman–Crippen MR) is 105 cm³/mol. The van der Waals surface area contributed by atoms with Crippen molar-refractivity contribution in [3.8, 4) is 11.4 Å².